The van der Waals surface area contributed by atoms with Gasteiger partial charge in [0.15, 0.2) is 0 Å². The van der Waals surface area contributed by atoms with Crippen molar-refractivity contribution < 1.29 is 5.11 Å². The van der Waals surface area contributed by atoms with Gasteiger partial charge in [-0.25, -0.2) is 0 Å². The Hall–Kier alpha value is 0.518. The first-order chi connectivity index (χ1) is 2.41. The Kier molecular flexibility index (Phi) is 4.99. The number of hydrogen-bond donors (Lipinski definition) is 1. The molecule has 0 aliphatic heterocycles. The van der Waals surface area contributed by atoms with E-state index in [1.165, 1.54) is 0 Å². The van der Waals surface area contributed by atoms with E-state index in [9.17, 15) is 0 Å². The van der Waals surface area contributed by atoms with E-state index in [1.807, 2.05) is 0 Å². The van der Waals surface area contributed by atoms with Crippen molar-refractivity contribution in [1.82, 2.24) is 0 Å². The zero-order valence-electron chi connectivity index (χ0n) is 3.15. The van der Waals surface area contributed by atoms with Crippen molar-refractivity contribution in [3.63, 3.8) is 0 Å². The van der Waals surface area contributed by atoms with Crippen LogP contribution in [0.3, 0.4) is 0 Å². The van der Waals surface area contributed by atoms with Gasteiger partial charge >= 0.3 is 40.2 Å². The molecule has 1 N–H and O–H groups in total. The van der Waals surface area contributed by atoms with Gasteiger partial charge in [-0.1, -0.05) is 0 Å². The molecule has 0 aliphatic carbocycles. The van der Waals surface area contributed by atoms with Gasteiger partial charge in [0, 0.05) is 0 Å². The molecule has 5 heavy (non-hydrogen) atoms. The average molecular weight is 136 g/mol. The molecule has 1 nitrogen and oxygen atoms in total. The summed E-state index contributed by atoms with van der Waals surface area (Å²) in [5.41, 5.74) is 0. The third-order valence-corrected chi connectivity index (χ3v) is 1.22. The number of aliphatic hydroxyl groups is 1. The number of aliphatic hydroxyl groups excluding tert-OH is 1. The monoisotopic (exact) mass is 136 g/mol. The Balaban J connectivity index is 2.19. The molecule has 0 saturated carbocycles. The molecule has 0 spiro atoms. The third kappa shape index (κ3) is 4.52. The zero-order valence-corrected chi connectivity index (χ0v) is 5.57. The van der Waals surface area contributed by atoms with Crippen molar-refractivity contribution in [2.45, 2.75) is 11.6 Å². The fourth-order valence-corrected chi connectivity index (χ4v) is 0.474. The molecule has 0 aromatic rings. The first-order valence-corrected chi connectivity index (χ1v) is 3.44. The molecule has 0 aromatic carbocycles. The molecule has 0 aliphatic rings. The van der Waals surface area contributed by atoms with Crippen LogP contribution in [0.25, 0.3) is 0 Å². The Labute approximate surface area is 40.9 Å². The van der Waals surface area contributed by atoms with Gasteiger partial charge in [-0.15, -0.1) is 0 Å². The molecule has 2 heteroatoms. The molecule has 0 amide bonds. The SMILES string of the molecule is OCCC[AsH2]. The molecule has 0 bridgehead atoms. The summed E-state index contributed by atoms with van der Waals surface area (Å²) in [6.07, 6.45) is 0.972. The number of hydrogen-bond acceptors (Lipinski definition) is 1. The Bertz CT molecular complexity index is 14.4. The topological polar surface area (TPSA) is 20.2 Å². The van der Waals surface area contributed by atoms with Gasteiger partial charge in [-0.2, -0.15) is 0 Å². The van der Waals surface area contributed by atoms with Gasteiger partial charge in [-0.3, -0.25) is 0 Å². The Morgan fingerprint density at radius 1 is 1.60 bits per heavy atom. The maximum absolute atomic E-state index is 8.08. The average Bonchev–Trinajstić information content (AvgIpc) is 1.41. The summed E-state index contributed by atoms with van der Waals surface area (Å²) in [5, 5.41) is 9.23. The van der Waals surface area contributed by atoms with E-state index in [4.69, 9.17) is 5.11 Å². The van der Waals surface area contributed by atoms with Gasteiger partial charge in [0.05, 0.1) is 0 Å². The molecule has 0 rings (SSSR count). The van der Waals surface area contributed by atoms with E-state index in [1.54, 1.807) is 16.9 Å². The predicted octanol–water partition coefficient (Wildman–Crippen LogP) is -0.580. The van der Waals surface area contributed by atoms with Crippen molar-refractivity contribution >= 4 is 16.9 Å². The van der Waals surface area contributed by atoms with E-state index in [0.29, 0.717) is 6.61 Å². The van der Waals surface area contributed by atoms with Gasteiger partial charge in [0.25, 0.3) is 0 Å². The van der Waals surface area contributed by atoms with Gasteiger partial charge in [0.2, 0.25) is 0 Å². The first-order valence-electron chi connectivity index (χ1n) is 1.72. The summed E-state index contributed by atoms with van der Waals surface area (Å²) in [5.74, 6) is 0. The summed E-state index contributed by atoms with van der Waals surface area (Å²) in [6.45, 7) is 0.359. The predicted molar refractivity (Wildman–Crippen MR) is 25.1 cm³/mol. The second kappa shape index (κ2) is 4.52. The van der Waals surface area contributed by atoms with E-state index in [2.05, 4.69) is 0 Å². The molecule has 32 valence electrons. The standard InChI is InChI=1S/C3H9AsO/c4-2-1-3-5/h5H,1-4H2. The summed E-state index contributed by atoms with van der Waals surface area (Å²) in [4.78, 5) is 0. The van der Waals surface area contributed by atoms with E-state index in [0.717, 1.165) is 11.6 Å². The van der Waals surface area contributed by atoms with E-state index in [-0.39, 0.29) is 0 Å². The van der Waals surface area contributed by atoms with Crippen molar-refractivity contribution in [1.29, 1.82) is 0 Å². The van der Waals surface area contributed by atoms with Gasteiger partial charge in [0.1, 0.15) is 0 Å². The molecule has 1 unspecified atom stereocenters. The summed E-state index contributed by atoms with van der Waals surface area (Å²) in [6, 6.07) is 0. The van der Waals surface area contributed by atoms with Crippen molar-refractivity contribution in [2.24, 2.45) is 0 Å². The van der Waals surface area contributed by atoms with Crippen LogP contribution in [0.4, 0.5) is 0 Å². The second-order valence-electron chi connectivity index (χ2n) is 0.866. The fourth-order valence-electron chi connectivity index (χ4n) is 0.0913. The molecule has 0 fully saturated rings. The third-order valence-electron chi connectivity index (χ3n) is 0.362. The molecular weight excluding hydrogens is 127 g/mol. The van der Waals surface area contributed by atoms with Crippen LogP contribution in [-0.4, -0.2) is 28.6 Å². The van der Waals surface area contributed by atoms with Crippen LogP contribution >= 0.6 is 0 Å². The van der Waals surface area contributed by atoms with E-state index < -0.39 is 0 Å². The Morgan fingerprint density at radius 3 is 2.20 bits per heavy atom. The van der Waals surface area contributed by atoms with Crippen LogP contribution in [-0.2, 0) is 0 Å². The normalized spacial score (nSPS) is 8.40. The van der Waals surface area contributed by atoms with Crippen LogP contribution in [0.1, 0.15) is 6.42 Å². The van der Waals surface area contributed by atoms with Crippen LogP contribution < -0.4 is 0 Å². The van der Waals surface area contributed by atoms with Crippen molar-refractivity contribution in [3.05, 3.63) is 0 Å². The summed E-state index contributed by atoms with van der Waals surface area (Å²) in [7, 11) is 0. The summed E-state index contributed by atoms with van der Waals surface area (Å²) >= 11 is 1.69. The molecule has 0 saturated heterocycles. The second-order valence-corrected chi connectivity index (χ2v) is 2.08. The van der Waals surface area contributed by atoms with Gasteiger partial charge in [-0.05, 0) is 0 Å². The Morgan fingerprint density at radius 2 is 2.20 bits per heavy atom. The minimum atomic E-state index is 0.359. The first kappa shape index (κ1) is 5.52. The van der Waals surface area contributed by atoms with E-state index >= 15 is 0 Å². The van der Waals surface area contributed by atoms with Crippen molar-refractivity contribution in [3.8, 4) is 0 Å². The molecule has 1 atom stereocenters. The minimum absolute atomic E-state index is 0.359. The van der Waals surface area contributed by atoms with Crippen LogP contribution in [0.2, 0.25) is 5.21 Å². The molecule has 0 radical (unpaired) electrons. The quantitative estimate of drug-likeness (QED) is 0.503. The van der Waals surface area contributed by atoms with Crippen LogP contribution in [0, 0.1) is 0 Å². The van der Waals surface area contributed by atoms with Gasteiger partial charge < -0.3 is 0 Å². The number of rotatable bonds is 2. The van der Waals surface area contributed by atoms with Crippen molar-refractivity contribution in [2.75, 3.05) is 6.61 Å². The van der Waals surface area contributed by atoms with Crippen LogP contribution in [0.15, 0.2) is 0 Å². The maximum atomic E-state index is 8.08. The molecular formula is C3H9AsO. The molecule has 0 aromatic heterocycles. The van der Waals surface area contributed by atoms with Crippen LogP contribution in [0.5, 0.6) is 0 Å². The fraction of sp³-hybridized carbons (Fsp3) is 1.00. The molecule has 0 heterocycles. The summed E-state index contributed by atoms with van der Waals surface area (Å²) < 4.78 is 0. The zero-order chi connectivity index (χ0) is 4.12.